The third-order valence-corrected chi connectivity index (χ3v) is 4.84. The highest BCUT2D eigenvalue weighted by molar-refractivity contribution is 6.04. The monoisotopic (exact) mass is 310 g/mol. The summed E-state index contributed by atoms with van der Waals surface area (Å²) in [6.45, 7) is 4.67. The molecule has 1 unspecified atom stereocenters. The Bertz CT molecular complexity index is 381. The van der Waals surface area contributed by atoms with Gasteiger partial charge in [0.15, 0.2) is 0 Å². The molecule has 5 nitrogen and oxygen atoms in total. The summed E-state index contributed by atoms with van der Waals surface area (Å²) in [5, 5.41) is 5.95. The van der Waals surface area contributed by atoms with E-state index in [4.69, 9.17) is 4.74 Å². The lowest BCUT2D eigenvalue weighted by Gasteiger charge is -2.26. The Morgan fingerprint density at radius 1 is 1.00 bits per heavy atom. The fraction of sp³-hybridized carbons (Fsp3) is 0.882. The molecule has 0 bridgehead atoms. The van der Waals surface area contributed by atoms with E-state index in [0.29, 0.717) is 6.54 Å². The molecular weight excluding hydrogens is 280 g/mol. The lowest BCUT2D eigenvalue weighted by atomic mass is 9.90. The molecule has 1 saturated heterocycles. The van der Waals surface area contributed by atoms with Crippen LogP contribution < -0.4 is 10.6 Å². The second kappa shape index (κ2) is 7.95. The molecule has 0 spiro atoms. The summed E-state index contributed by atoms with van der Waals surface area (Å²) in [6.07, 6.45) is 9.01. The van der Waals surface area contributed by atoms with Crippen molar-refractivity contribution >= 4 is 11.8 Å². The van der Waals surface area contributed by atoms with Crippen molar-refractivity contribution in [3.05, 3.63) is 0 Å². The fourth-order valence-corrected chi connectivity index (χ4v) is 3.13. The van der Waals surface area contributed by atoms with E-state index in [1.54, 1.807) is 13.8 Å². The molecule has 1 heterocycles. The molecule has 1 aliphatic heterocycles. The van der Waals surface area contributed by atoms with Crippen LogP contribution in [-0.2, 0) is 14.3 Å². The molecule has 126 valence electrons. The lowest BCUT2D eigenvalue weighted by Crippen LogP contribution is -2.51. The lowest BCUT2D eigenvalue weighted by molar-refractivity contribution is -0.142. The Kier molecular flexibility index (Phi) is 6.24. The second-order valence-electron chi connectivity index (χ2n) is 7.13. The number of carbonyl (C=O) groups is 2. The predicted molar refractivity (Wildman–Crippen MR) is 85.4 cm³/mol. The summed E-state index contributed by atoms with van der Waals surface area (Å²) in [6, 6.07) is 0.222. The average Bonchev–Trinajstić information content (AvgIpc) is 2.88. The molecule has 0 aromatic carbocycles. The first-order chi connectivity index (χ1) is 10.5. The molecule has 1 atom stereocenters. The van der Waals surface area contributed by atoms with E-state index < -0.39 is 5.41 Å². The van der Waals surface area contributed by atoms with Gasteiger partial charge < -0.3 is 15.4 Å². The van der Waals surface area contributed by atoms with Crippen LogP contribution in [0.4, 0.5) is 0 Å². The fourth-order valence-electron chi connectivity index (χ4n) is 3.13. The Morgan fingerprint density at radius 3 is 2.27 bits per heavy atom. The Hall–Kier alpha value is -1.10. The molecule has 0 aromatic rings. The minimum Gasteiger partial charge on any atom is -0.376 e. The van der Waals surface area contributed by atoms with Crippen molar-refractivity contribution in [1.29, 1.82) is 0 Å². The number of ether oxygens (including phenoxy) is 1. The van der Waals surface area contributed by atoms with E-state index in [0.717, 1.165) is 45.1 Å². The van der Waals surface area contributed by atoms with E-state index in [2.05, 4.69) is 10.6 Å². The van der Waals surface area contributed by atoms with Crippen molar-refractivity contribution in [1.82, 2.24) is 10.6 Å². The van der Waals surface area contributed by atoms with Crippen LogP contribution in [0.25, 0.3) is 0 Å². The molecule has 5 heteroatoms. The van der Waals surface area contributed by atoms with Gasteiger partial charge in [0.25, 0.3) is 0 Å². The maximum absolute atomic E-state index is 12.5. The molecular formula is C17H30N2O3. The summed E-state index contributed by atoms with van der Waals surface area (Å²) >= 11 is 0. The summed E-state index contributed by atoms with van der Waals surface area (Å²) in [5.41, 5.74) is -1.04. The quantitative estimate of drug-likeness (QED) is 0.604. The average molecular weight is 310 g/mol. The van der Waals surface area contributed by atoms with Crippen LogP contribution in [0.5, 0.6) is 0 Å². The summed E-state index contributed by atoms with van der Waals surface area (Å²) in [4.78, 5) is 24.8. The van der Waals surface area contributed by atoms with Gasteiger partial charge in [0, 0.05) is 19.2 Å². The molecule has 2 N–H and O–H groups in total. The number of nitrogens with one attached hydrogen (secondary N) is 2. The topological polar surface area (TPSA) is 67.4 Å². The maximum atomic E-state index is 12.5. The van der Waals surface area contributed by atoms with Crippen LogP contribution in [-0.4, -0.2) is 37.1 Å². The number of hydrogen-bond acceptors (Lipinski definition) is 3. The van der Waals surface area contributed by atoms with E-state index in [-0.39, 0.29) is 24.0 Å². The molecule has 2 aliphatic rings. The van der Waals surface area contributed by atoms with E-state index in [1.165, 1.54) is 12.8 Å². The molecule has 1 aliphatic carbocycles. The second-order valence-corrected chi connectivity index (χ2v) is 7.13. The van der Waals surface area contributed by atoms with Gasteiger partial charge in [-0.15, -0.1) is 0 Å². The molecule has 22 heavy (non-hydrogen) atoms. The first-order valence-corrected chi connectivity index (χ1v) is 8.71. The SMILES string of the molecule is CC(C)(C(=O)NCC1CCCO1)C(=O)NC1CCCCCC1. The van der Waals surface area contributed by atoms with Crippen LogP contribution in [0.15, 0.2) is 0 Å². The molecule has 1 saturated carbocycles. The van der Waals surface area contributed by atoms with Crippen LogP contribution in [0, 0.1) is 5.41 Å². The Morgan fingerprint density at radius 2 is 1.68 bits per heavy atom. The van der Waals surface area contributed by atoms with Crippen molar-refractivity contribution < 1.29 is 14.3 Å². The molecule has 0 aromatic heterocycles. The third-order valence-electron chi connectivity index (χ3n) is 4.84. The van der Waals surface area contributed by atoms with Gasteiger partial charge in [-0.25, -0.2) is 0 Å². The molecule has 2 amide bonds. The van der Waals surface area contributed by atoms with Crippen molar-refractivity contribution in [2.45, 2.75) is 77.4 Å². The number of rotatable bonds is 5. The number of amides is 2. The molecule has 0 radical (unpaired) electrons. The highest BCUT2D eigenvalue weighted by atomic mass is 16.5. The normalized spacial score (nSPS) is 23.8. The highest BCUT2D eigenvalue weighted by Crippen LogP contribution is 2.21. The van der Waals surface area contributed by atoms with Gasteiger partial charge in [0.05, 0.1) is 6.10 Å². The van der Waals surface area contributed by atoms with Crippen molar-refractivity contribution in [3.8, 4) is 0 Å². The standard InChI is InChI=1S/C17H30N2O3/c1-17(2,15(20)18-12-14-10-7-11-22-14)16(21)19-13-8-5-3-4-6-9-13/h13-14H,3-12H2,1-2H3,(H,18,20)(H,19,21). The number of carbonyl (C=O) groups excluding carboxylic acids is 2. The predicted octanol–water partition coefficient (Wildman–Crippen LogP) is 2.15. The highest BCUT2D eigenvalue weighted by Gasteiger charge is 2.37. The van der Waals surface area contributed by atoms with Gasteiger partial charge in [-0.2, -0.15) is 0 Å². The maximum Gasteiger partial charge on any atom is 0.235 e. The zero-order valence-electron chi connectivity index (χ0n) is 14.0. The third kappa shape index (κ3) is 4.70. The number of hydrogen-bond donors (Lipinski definition) is 2. The van der Waals surface area contributed by atoms with Crippen molar-refractivity contribution in [2.24, 2.45) is 5.41 Å². The smallest absolute Gasteiger partial charge is 0.235 e. The molecule has 2 fully saturated rings. The van der Waals surface area contributed by atoms with Gasteiger partial charge >= 0.3 is 0 Å². The summed E-state index contributed by atoms with van der Waals surface area (Å²) < 4.78 is 5.50. The molecule has 2 rings (SSSR count). The first-order valence-electron chi connectivity index (χ1n) is 8.71. The van der Waals surface area contributed by atoms with Crippen molar-refractivity contribution in [2.75, 3.05) is 13.2 Å². The van der Waals surface area contributed by atoms with Crippen LogP contribution >= 0.6 is 0 Å². The van der Waals surface area contributed by atoms with Gasteiger partial charge in [-0.1, -0.05) is 25.7 Å². The zero-order valence-corrected chi connectivity index (χ0v) is 14.0. The van der Waals surface area contributed by atoms with Gasteiger partial charge in [0.1, 0.15) is 5.41 Å². The van der Waals surface area contributed by atoms with Crippen molar-refractivity contribution in [3.63, 3.8) is 0 Å². The van der Waals surface area contributed by atoms with Crippen LogP contribution in [0.1, 0.15) is 65.2 Å². The Balaban J connectivity index is 1.81. The van der Waals surface area contributed by atoms with E-state index in [9.17, 15) is 9.59 Å². The minimum absolute atomic E-state index is 0.102. The minimum atomic E-state index is -1.04. The van der Waals surface area contributed by atoms with E-state index in [1.807, 2.05) is 0 Å². The van der Waals surface area contributed by atoms with Gasteiger partial charge in [-0.3, -0.25) is 9.59 Å². The Labute approximate surface area is 133 Å². The van der Waals surface area contributed by atoms with Gasteiger partial charge in [0.2, 0.25) is 11.8 Å². The largest absolute Gasteiger partial charge is 0.376 e. The van der Waals surface area contributed by atoms with E-state index >= 15 is 0 Å². The zero-order chi connectivity index (χ0) is 16.0. The van der Waals surface area contributed by atoms with Crippen LogP contribution in [0.2, 0.25) is 0 Å². The summed E-state index contributed by atoms with van der Waals surface area (Å²) in [5.74, 6) is -0.377. The summed E-state index contributed by atoms with van der Waals surface area (Å²) in [7, 11) is 0. The van der Waals surface area contributed by atoms with Gasteiger partial charge in [-0.05, 0) is 39.5 Å². The van der Waals surface area contributed by atoms with Crippen LogP contribution in [0.3, 0.4) is 0 Å². The first kappa shape index (κ1) is 17.3.